The lowest BCUT2D eigenvalue weighted by Gasteiger charge is -2.30. The number of ether oxygens (including phenoxy) is 2. The summed E-state index contributed by atoms with van der Waals surface area (Å²) in [5, 5.41) is 0. The topological polar surface area (TPSA) is 114 Å². The quantitative estimate of drug-likeness (QED) is 0.744. The third-order valence-corrected chi connectivity index (χ3v) is 4.96. The molecule has 140 valence electrons. The Hall–Kier alpha value is -2.81. The van der Waals surface area contributed by atoms with Crippen LogP contribution in [0.1, 0.15) is 32.5 Å². The molecule has 0 spiro atoms. The van der Waals surface area contributed by atoms with Gasteiger partial charge < -0.3 is 19.8 Å². The van der Waals surface area contributed by atoms with Crippen LogP contribution in [0, 0.1) is 5.92 Å². The molecule has 0 saturated heterocycles. The zero-order valence-electron chi connectivity index (χ0n) is 15.3. The lowest BCUT2D eigenvalue weighted by molar-refractivity contribution is -0.0530. The van der Waals surface area contributed by atoms with E-state index in [9.17, 15) is 0 Å². The molecule has 3 aromatic heterocycles. The van der Waals surface area contributed by atoms with Crippen molar-refractivity contribution in [1.82, 2.24) is 29.5 Å². The van der Waals surface area contributed by atoms with Gasteiger partial charge in [0.25, 0.3) is 0 Å². The minimum absolute atomic E-state index is 0.214. The Bertz CT molecular complexity index is 1010. The van der Waals surface area contributed by atoms with Gasteiger partial charge in [0.2, 0.25) is 11.8 Å². The number of aromatic nitrogens is 6. The molecule has 0 aromatic carbocycles. The number of nitrogen functional groups attached to an aromatic ring is 1. The predicted octanol–water partition coefficient (Wildman–Crippen LogP) is 1.92. The van der Waals surface area contributed by atoms with Gasteiger partial charge in [-0.1, -0.05) is 0 Å². The van der Waals surface area contributed by atoms with Crippen molar-refractivity contribution < 1.29 is 9.47 Å². The molecule has 2 N–H and O–H groups in total. The van der Waals surface area contributed by atoms with Gasteiger partial charge >= 0.3 is 0 Å². The van der Waals surface area contributed by atoms with Crippen LogP contribution < -0.4 is 10.5 Å². The van der Waals surface area contributed by atoms with Gasteiger partial charge in [-0.25, -0.2) is 19.9 Å². The summed E-state index contributed by atoms with van der Waals surface area (Å²) >= 11 is 0. The van der Waals surface area contributed by atoms with Crippen LogP contribution in [0.4, 0.5) is 5.95 Å². The summed E-state index contributed by atoms with van der Waals surface area (Å²) in [7, 11) is 0. The molecule has 0 radical (unpaired) electrons. The van der Waals surface area contributed by atoms with Crippen LogP contribution in [0.25, 0.3) is 22.6 Å². The number of fused-ring (bicyclic) bond motifs is 3. The highest BCUT2D eigenvalue weighted by Crippen LogP contribution is 2.35. The first-order valence-electron chi connectivity index (χ1n) is 9.15. The van der Waals surface area contributed by atoms with E-state index in [1.807, 2.05) is 13.8 Å². The highest BCUT2D eigenvalue weighted by atomic mass is 16.5. The number of nitrogens with two attached hydrogens (primary N) is 1. The fraction of sp³-hybridized carbons (Fsp3) is 0.500. The van der Waals surface area contributed by atoms with Crippen LogP contribution in [0.2, 0.25) is 0 Å². The highest BCUT2D eigenvalue weighted by Gasteiger charge is 2.34. The minimum Gasteiger partial charge on any atom is -0.476 e. The second-order valence-corrected chi connectivity index (χ2v) is 7.55. The van der Waals surface area contributed by atoms with E-state index < -0.39 is 5.60 Å². The molecule has 0 amide bonds. The first kappa shape index (κ1) is 16.4. The van der Waals surface area contributed by atoms with E-state index in [0.29, 0.717) is 48.5 Å². The smallest absolute Gasteiger partial charge is 0.246 e. The molecule has 1 aliphatic heterocycles. The van der Waals surface area contributed by atoms with Crippen LogP contribution in [0.15, 0.2) is 12.4 Å². The van der Waals surface area contributed by atoms with Gasteiger partial charge in [-0.05, 0) is 32.6 Å². The maximum Gasteiger partial charge on any atom is 0.246 e. The number of rotatable bonds is 4. The fourth-order valence-corrected chi connectivity index (χ4v) is 3.27. The second-order valence-electron chi connectivity index (χ2n) is 7.55. The molecule has 9 heteroatoms. The number of anilines is 1. The van der Waals surface area contributed by atoms with Gasteiger partial charge in [0.1, 0.15) is 11.4 Å². The SMILES string of the molecule is CC1(C)OCCn2c1nc1c(OCC3CC3)nc(-c3cnc(N)nc3)nc12. The molecular formula is C18H21N7O2. The first-order valence-corrected chi connectivity index (χ1v) is 9.15. The van der Waals surface area contributed by atoms with E-state index in [2.05, 4.69) is 19.5 Å². The summed E-state index contributed by atoms with van der Waals surface area (Å²) in [4.78, 5) is 22.3. The molecule has 27 heavy (non-hydrogen) atoms. The molecular weight excluding hydrogens is 346 g/mol. The van der Waals surface area contributed by atoms with Crippen molar-refractivity contribution in [2.45, 2.75) is 38.8 Å². The van der Waals surface area contributed by atoms with E-state index in [1.54, 1.807) is 12.4 Å². The van der Waals surface area contributed by atoms with E-state index in [-0.39, 0.29) is 5.95 Å². The third kappa shape index (κ3) is 2.87. The van der Waals surface area contributed by atoms with E-state index in [1.165, 1.54) is 12.8 Å². The molecule has 0 unspecified atom stereocenters. The Morgan fingerprint density at radius 3 is 2.74 bits per heavy atom. The zero-order chi connectivity index (χ0) is 18.6. The molecule has 1 fully saturated rings. The van der Waals surface area contributed by atoms with Gasteiger partial charge in [-0.2, -0.15) is 4.98 Å². The number of hydrogen-bond acceptors (Lipinski definition) is 8. The monoisotopic (exact) mass is 367 g/mol. The van der Waals surface area contributed by atoms with E-state index >= 15 is 0 Å². The lowest BCUT2D eigenvalue weighted by atomic mass is 10.1. The number of hydrogen-bond donors (Lipinski definition) is 1. The molecule has 9 nitrogen and oxygen atoms in total. The Kier molecular flexibility index (Phi) is 3.55. The van der Waals surface area contributed by atoms with Crippen LogP contribution in [0.3, 0.4) is 0 Å². The summed E-state index contributed by atoms with van der Waals surface area (Å²) < 4.78 is 14.0. The zero-order valence-corrected chi connectivity index (χ0v) is 15.3. The third-order valence-electron chi connectivity index (χ3n) is 4.96. The molecule has 0 atom stereocenters. The van der Waals surface area contributed by atoms with Crippen LogP contribution in [-0.4, -0.2) is 42.7 Å². The van der Waals surface area contributed by atoms with Gasteiger partial charge in [-0.3, -0.25) is 0 Å². The maximum atomic E-state index is 6.04. The summed E-state index contributed by atoms with van der Waals surface area (Å²) in [6.45, 7) is 5.96. The van der Waals surface area contributed by atoms with Crippen molar-refractivity contribution in [3.8, 4) is 17.3 Å². The summed E-state index contributed by atoms with van der Waals surface area (Å²) in [6.07, 6.45) is 5.64. The maximum absolute atomic E-state index is 6.04. The van der Waals surface area contributed by atoms with Crippen LogP contribution in [-0.2, 0) is 16.9 Å². The van der Waals surface area contributed by atoms with E-state index in [4.69, 9.17) is 25.2 Å². The average molecular weight is 367 g/mol. The second kappa shape index (κ2) is 5.85. The average Bonchev–Trinajstić information content (AvgIpc) is 3.39. The first-order chi connectivity index (χ1) is 13.0. The summed E-state index contributed by atoms with van der Waals surface area (Å²) in [5.74, 6) is 2.65. The van der Waals surface area contributed by atoms with Gasteiger partial charge in [0, 0.05) is 18.9 Å². The number of nitrogens with zero attached hydrogens (tertiary/aromatic N) is 6. The Morgan fingerprint density at radius 2 is 2.00 bits per heavy atom. The molecule has 2 aliphatic rings. The molecule has 3 aromatic rings. The number of imidazole rings is 1. The largest absolute Gasteiger partial charge is 0.476 e. The van der Waals surface area contributed by atoms with E-state index in [0.717, 1.165) is 11.5 Å². The molecule has 0 bridgehead atoms. The lowest BCUT2D eigenvalue weighted by Crippen LogP contribution is -2.33. The van der Waals surface area contributed by atoms with Crippen molar-refractivity contribution in [1.29, 1.82) is 0 Å². The fourth-order valence-electron chi connectivity index (χ4n) is 3.27. The Balaban J connectivity index is 1.68. The van der Waals surface area contributed by atoms with Gasteiger partial charge in [-0.15, -0.1) is 0 Å². The van der Waals surface area contributed by atoms with Crippen molar-refractivity contribution in [2.75, 3.05) is 18.9 Å². The van der Waals surface area contributed by atoms with Gasteiger partial charge in [0.15, 0.2) is 17.0 Å². The predicted molar refractivity (Wildman–Crippen MR) is 98.0 cm³/mol. The molecule has 1 aliphatic carbocycles. The standard InChI is InChI=1S/C18H21N7O2/c1-18(2)16-22-12-14(25(16)5-6-27-18)23-13(11-7-20-17(19)21-8-11)24-15(12)26-9-10-3-4-10/h7-8,10H,3-6,9H2,1-2H3,(H2,19,20,21). The van der Waals surface area contributed by atoms with Crippen LogP contribution in [0.5, 0.6) is 5.88 Å². The van der Waals surface area contributed by atoms with Crippen molar-refractivity contribution in [3.05, 3.63) is 18.2 Å². The normalized spacial score (nSPS) is 18.4. The van der Waals surface area contributed by atoms with Crippen molar-refractivity contribution >= 4 is 17.1 Å². The van der Waals surface area contributed by atoms with Crippen LogP contribution >= 0.6 is 0 Å². The molecule has 1 saturated carbocycles. The summed E-state index contributed by atoms with van der Waals surface area (Å²) in [6, 6.07) is 0. The summed E-state index contributed by atoms with van der Waals surface area (Å²) in [5.41, 5.74) is 7.21. The Morgan fingerprint density at radius 1 is 1.22 bits per heavy atom. The van der Waals surface area contributed by atoms with Crippen molar-refractivity contribution in [2.24, 2.45) is 5.92 Å². The molecule has 5 rings (SSSR count). The highest BCUT2D eigenvalue weighted by molar-refractivity contribution is 5.80. The molecule has 4 heterocycles. The van der Waals surface area contributed by atoms with Gasteiger partial charge in [0.05, 0.1) is 18.8 Å². The minimum atomic E-state index is -0.489. The van der Waals surface area contributed by atoms with Crippen molar-refractivity contribution in [3.63, 3.8) is 0 Å². The Labute approximate surface area is 156 Å².